The minimum Gasteiger partial charge on any atom is -0.399 e. The third-order valence-electron chi connectivity index (χ3n) is 5.47. The number of aryl methyl sites for hydroxylation is 1. The van der Waals surface area contributed by atoms with E-state index < -0.39 is 0 Å². The molecule has 2 atom stereocenters. The van der Waals surface area contributed by atoms with Crippen molar-refractivity contribution in [3.8, 4) is 0 Å². The lowest BCUT2D eigenvalue weighted by atomic mass is 9.91. The molecule has 1 fully saturated rings. The van der Waals surface area contributed by atoms with Crippen LogP contribution in [0, 0.1) is 6.92 Å². The number of imidazole rings is 1. The molecular formula is C21H30N8. The van der Waals surface area contributed by atoms with Gasteiger partial charge in [-0.15, -0.1) is 0 Å². The molecule has 3 aromatic rings. The number of anilines is 4. The molecule has 1 saturated carbocycles. The first kappa shape index (κ1) is 19.4. The Kier molecular flexibility index (Phi) is 5.27. The largest absolute Gasteiger partial charge is 0.399 e. The Morgan fingerprint density at radius 2 is 1.93 bits per heavy atom. The van der Waals surface area contributed by atoms with Crippen LogP contribution in [0.3, 0.4) is 0 Å². The molecule has 6 N–H and O–H groups in total. The summed E-state index contributed by atoms with van der Waals surface area (Å²) in [7, 11) is 0. The number of hydrogen-bond acceptors (Lipinski definition) is 7. The molecule has 29 heavy (non-hydrogen) atoms. The first-order valence-electron chi connectivity index (χ1n) is 10.3. The van der Waals surface area contributed by atoms with Crippen LogP contribution in [0.2, 0.25) is 0 Å². The van der Waals surface area contributed by atoms with E-state index in [1.54, 1.807) is 0 Å². The van der Waals surface area contributed by atoms with E-state index in [4.69, 9.17) is 21.4 Å². The van der Waals surface area contributed by atoms with Crippen LogP contribution in [0.5, 0.6) is 0 Å². The normalized spacial score (nSPS) is 19.6. The number of rotatable bonds is 5. The zero-order chi connectivity index (χ0) is 20.5. The SMILES string of the molecule is Cc1cc(N)cc(Nc2nc(N[C@H]3CCCC[C@@H]3N)nc3c2ncn3C(C)C)c1. The molecular weight excluding hydrogens is 364 g/mol. The van der Waals surface area contributed by atoms with E-state index in [-0.39, 0.29) is 18.1 Å². The predicted octanol–water partition coefficient (Wildman–Crippen LogP) is 3.72. The van der Waals surface area contributed by atoms with Crippen molar-refractivity contribution in [3.63, 3.8) is 0 Å². The monoisotopic (exact) mass is 394 g/mol. The van der Waals surface area contributed by atoms with Crippen LogP contribution in [0.25, 0.3) is 11.2 Å². The van der Waals surface area contributed by atoms with E-state index in [2.05, 4.69) is 34.0 Å². The van der Waals surface area contributed by atoms with E-state index in [1.165, 1.54) is 12.8 Å². The van der Waals surface area contributed by atoms with Crippen molar-refractivity contribution < 1.29 is 0 Å². The minimum absolute atomic E-state index is 0.117. The molecule has 0 amide bonds. The van der Waals surface area contributed by atoms with Crippen molar-refractivity contribution >= 4 is 34.3 Å². The molecule has 4 rings (SSSR count). The molecule has 8 heteroatoms. The van der Waals surface area contributed by atoms with E-state index in [0.717, 1.165) is 35.3 Å². The maximum atomic E-state index is 6.33. The summed E-state index contributed by atoms with van der Waals surface area (Å²) in [5.41, 5.74) is 16.5. The Bertz CT molecular complexity index is 989. The summed E-state index contributed by atoms with van der Waals surface area (Å²) in [5, 5.41) is 6.87. The van der Waals surface area contributed by atoms with E-state index in [9.17, 15) is 0 Å². The number of nitrogen functional groups attached to an aromatic ring is 1. The first-order valence-corrected chi connectivity index (χ1v) is 10.3. The van der Waals surface area contributed by atoms with E-state index in [0.29, 0.717) is 17.5 Å². The average molecular weight is 395 g/mol. The zero-order valence-corrected chi connectivity index (χ0v) is 17.3. The van der Waals surface area contributed by atoms with Gasteiger partial charge in [0.05, 0.1) is 6.33 Å². The summed E-state index contributed by atoms with van der Waals surface area (Å²) in [6, 6.07) is 6.40. The van der Waals surface area contributed by atoms with Crippen LogP contribution in [-0.2, 0) is 0 Å². The van der Waals surface area contributed by atoms with Crippen LogP contribution in [-0.4, -0.2) is 31.6 Å². The number of hydrogen-bond donors (Lipinski definition) is 4. The van der Waals surface area contributed by atoms with Gasteiger partial charge in [-0.1, -0.05) is 12.8 Å². The van der Waals surface area contributed by atoms with Crippen molar-refractivity contribution in [2.24, 2.45) is 5.73 Å². The molecule has 0 radical (unpaired) electrons. The van der Waals surface area contributed by atoms with Gasteiger partial charge in [-0.3, -0.25) is 0 Å². The molecule has 1 aliphatic carbocycles. The quantitative estimate of drug-likeness (QED) is 0.487. The zero-order valence-electron chi connectivity index (χ0n) is 17.3. The standard InChI is InChI=1S/C21H30N8/c1-12(2)29-11-24-18-19(25-15-9-13(3)8-14(22)10-15)27-21(28-20(18)29)26-17-7-5-4-6-16(17)23/h8-12,16-17H,4-7,22-23H2,1-3H3,(H2,25,26,27,28)/t16-,17-/m0/s1. The topological polar surface area (TPSA) is 120 Å². The minimum atomic E-state index is 0.117. The first-order chi connectivity index (χ1) is 13.9. The average Bonchev–Trinajstić information content (AvgIpc) is 3.07. The molecule has 1 aliphatic rings. The summed E-state index contributed by atoms with van der Waals surface area (Å²) < 4.78 is 2.05. The van der Waals surface area contributed by atoms with Gasteiger partial charge in [0.1, 0.15) is 0 Å². The summed E-state index contributed by atoms with van der Waals surface area (Å²) in [6.45, 7) is 6.24. The van der Waals surface area contributed by atoms with Crippen molar-refractivity contribution in [3.05, 3.63) is 30.1 Å². The van der Waals surface area contributed by atoms with Crippen molar-refractivity contribution in [2.45, 2.75) is 64.6 Å². The Morgan fingerprint density at radius 1 is 1.14 bits per heavy atom. The van der Waals surface area contributed by atoms with Gasteiger partial charge >= 0.3 is 0 Å². The Morgan fingerprint density at radius 3 is 2.66 bits per heavy atom. The molecule has 8 nitrogen and oxygen atoms in total. The Labute approximate surface area is 171 Å². The lowest BCUT2D eigenvalue weighted by Crippen LogP contribution is -2.43. The summed E-state index contributed by atoms with van der Waals surface area (Å²) in [4.78, 5) is 14.1. The second kappa shape index (κ2) is 7.87. The van der Waals surface area contributed by atoms with Crippen LogP contribution in [0.1, 0.15) is 51.1 Å². The molecule has 1 aromatic carbocycles. The fourth-order valence-corrected chi connectivity index (χ4v) is 3.97. The number of nitrogens with two attached hydrogens (primary N) is 2. The highest BCUT2D eigenvalue weighted by Gasteiger charge is 2.23. The summed E-state index contributed by atoms with van der Waals surface area (Å²) in [5.74, 6) is 1.23. The van der Waals surface area contributed by atoms with Gasteiger partial charge in [-0.2, -0.15) is 9.97 Å². The van der Waals surface area contributed by atoms with E-state index >= 15 is 0 Å². The number of aromatic nitrogens is 4. The molecule has 0 bridgehead atoms. The number of nitrogens with one attached hydrogen (secondary N) is 2. The van der Waals surface area contributed by atoms with Gasteiger partial charge in [0.25, 0.3) is 0 Å². The third-order valence-corrected chi connectivity index (χ3v) is 5.47. The second-order valence-electron chi connectivity index (χ2n) is 8.27. The number of nitrogens with zero attached hydrogens (tertiary/aromatic N) is 4. The maximum absolute atomic E-state index is 6.33. The molecule has 0 aliphatic heterocycles. The number of fused-ring (bicyclic) bond motifs is 1. The van der Waals surface area contributed by atoms with Crippen LogP contribution in [0.4, 0.5) is 23.1 Å². The highest BCUT2D eigenvalue weighted by atomic mass is 15.2. The molecule has 2 aromatic heterocycles. The Balaban J connectivity index is 1.75. The van der Waals surface area contributed by atoms with Gasteiger partial charge in [0.2, 0.25) is 5.95 Å². The van der Waals surface area contributed by atoms with Gasteiger partial charge in [-0.05, 0) is 57.4 Å². The Hall–Kier alpha value is -2.87. The predicted molar refractivity (Wildman–Crippen MR) is 118 cm³/mol. The van der Waals surface area contributed by atoms with E-state index in [1.807, 2.05) is 31.5 Å². The molecule has 0 spiro atoms. The molecule has 154 valence electrons. The van der Waals surface area contributed by atoms with Crippen molar-refractivity contribution in [2.75, 3.05) is 16.4 Å². The smallest absolute Gasteiger partial charge is 0.227 e. The number of benzene rings is 1. The van der Waals surface area contributed by atoms with Crippen molar-refractivity contribution in [1.82, 2.24) is 19.5 Å². The third kappa shape index (κ3) is 4.12. The van der Waals surface area contributed by atoms with Crippen LogP contribution in [0.15, 0.2) is 24.5 Å². The highest BCUT2D eigenvalue weighted by Crippen LogP contribution is 2.28. The summed E-state index contributed by atoms with van der Waals surface area (Å²) >= 11 is 0. The van der Waals surface area contributed by atoms with Gasteiger partial charge in [0.15, 0.2) is 17.0 Å². The van der Waals surface area contributed by atoms with Crippen LogP contribution < -0.4 is 22.1 Å². The molecule has 0 saturated heterocycles. The lowest BCUT2D eigenvalue weighted by Gasteiger charge is -2.29. The van der Waals surface area contributed by atoms with Crippen LogP contribution >= 0.6 is 0 Å². The highest BCUT2D eigenvalue weighted by molar-refractivity contribution is 5.87. The molecule has 0 unspecified atom stereocenters. The maximum Gasteiger partial charge on any atom is 0.227 e. The van der Waals surface area contributed by atoms with Gasteiger partial charge in [-0.25, -0.2) is 4.98 Å². The van der Waals surface area contributed by atoms with Gasteiger partial charge < -0.3 is 26.7 Å². The molecule has 2 heterocycles. The second-order valence-corrected chi connectivity index (χ2v) is 8.27. The van der Waals surface area contributed by atoms with Crippen molar-refractivity contribution in [1.29, 1.82) is 0 Å². The fraction of sp³-hybridized carbons (Fsp3) is 0.476. The fourth-order valence-electron chi connectivity index (χ4n) is 3.97. The lowest BCUT2D eigenvalue weighted by molar-refractivity contribution is 0.402. The summed E-state index contributed by atoms with van der Waals surface area (Å²) in [6.07, 6.45) is 6.22. The van der Waals surface area contributed by atoms with Gasteiger partial charge in [0, 0.05) is 29.5 Å².